The average Bonchev–Trinajstić information content (AvgIpc) is 3.25. The quantitative estimate of drug-likeness (QED) is 0.316. The van der Waals surface area contributed by atoms with Crippen molar-refractivity contribution in [2.45, 2.75) is 13.0 Å². The highest BCUT2D eigenvalue weighted by Gasteiger charge is 2.31. The van der Waals surface area contributed by atoms with Crippen molar-refractivity contribution in [2.24, 2.45) is 0 Å². The topological polar surface area (TPSA) is 117 Å². The molecule has 0 saturated carbocycles. The van der Waals surface area contributed by atoms with E-state index in [1.54, 1.807) is 12.3 Å². The zero-order valence-electron chi connectivity index (χ0n) is 17.6. The van der Waals surface area contributed by atoms with E-state index in [4.69, 9.17) is 0 Å². The van der Waals surface area contributed by atoms with Gasteiger partial charge in [-0.05, 0) is 11.5 Å². The summed E-state index contributed by atoms with van der Waals surface area (Å²) in [7, 11) is 1.51. The van der Waals surface area contributed by atoms with Crippen LogP contribution < -0.4 is 10.2 Å². The normalized spacial score (nSPS) is 13.1. The van der Waals surface area contributed by atoms with Gasteiger partial charge in [0.05, 0.1) is 16.2 Å². The number of nitro benzene ring substituents is 1. The van der Waals surface area contributed by atoms with Gasteiger partial charge >= 0.3 is 0 Å². The summed E-state index contributed by atoms with van der Waals surface area (Å²) in [6.45, 7) is 0.881. The van der Waals surface area contributed by atoms with E-state index in [0.29, 0.717) is 29.7 Å². The van der Waals surface area contributed by atoms with Crippen LogP contribution >= 0.6 is 15.9 Å². The van der Waals surface area contributed by atoms with Crippen LogP contribution in [0.3, 0.4) is 0 Å². The van der Waals surface area contributed by atoms with Gasteiger partial charge in [-0.1, -0.05) is 40.2 Å². The van der Waals surface area contributed by atoms with Gasteiger partial charge in [0, 0.05) is 71.7 Å². The van der Waals surface area contributed by atoms with Crippen LogP contribution in [-0.4, -0.2) is 39.6 Å². The number of nitro groups is 1. The lowest BCUT2D eigenvalue weighted by Gasteiger charge is -2.30. The lowest BCUT2D eigenvalue weighted by Crippen LogP contribution is -2.33. The largest absolute Gasteiger partial charge is 0.360 e. The first-order valence-electron chi connectivity index (χ1n) is 10.3. The fraction of sp³-hybridized carbons (Fsp3) is 0.174. The Labute approximate surface area is 197 Å². The number of hydrogen-bond acceptors (Lipinski definition) is 6. The van der Waals surface area contributed by atoms with Crippen molar-refractivity contribution in [3.05, 3.63) is 80.2 Å². The number of benzene rings is 2. The number of anilines is 1. The maximum Gasteiger partial charge on any atom is 0.294 e. The first-order chi connectivity index (χ1) is 16.0. The smallest absolute Gasteiger partial charge is 0.294 e. The number of nitrogens with zero attached hydrogens (tertiary/aromatic N) is 4. The molecule has 0 bridgehead atoms. The second-order valence-electron chi connectivity index (χ2n) is 7.77. The summed E-state index contributed by atoms with van der Waals surface area (Å²) in [6, 6.07) is 11.0. The van der Waals surface area contributed by atoms with Gasteiger partial charge in [-0.2, -0.15) is 5.10 Å². The van der Waals surface area contributed by atoms with Crippen molar-refractivity contribution < 1.29 is 9.72 Å². The summed E-state index contributed by atoms with van der Waals surface area (Å²) in [6.07, 6.45) is 4.21. The third-order valence-electron chi connectivity index (χ3n) is 5.90. The number of carbonyl (C=O) groups excluding carboxylic acids is 1. The maximum absolute atomic E-state index is 12.6. The van der Waals surface area contributed by atoms with Crippen molar-refractivity contribution in [3.63, 3.8) is 0 Å². The molecule has 10 heteroatoms. The minimum atomic E-state index is -0.451. The number of rotatable bonds is 4. The van der Waals surface area contributed by atoms with E-state index in [1.165, 1.54) is 13.1 Å². The van der Waals surface area contributed by atoms with Crippen LogP contribution in [-0.2, 0) is 13.0 Å². The number of fused-ring (bicyclic) bond motifs is 2. The van der Waals surface area contributed by atoms with E-state index in [1.807, 2.05) is 35.4 Å². The van der Waals surface area contributed by atoms with E-state index >= 15 is 0 Å². The number of hydrogen-bond donors (Lipinski definition) is 2. The molecule has 0 atom stereocenters. The van der Waals surface area contributed by atoms with E-state index in [-0.39, 0.29) is 17.2 Å². The summed E-state index contributed by atoms with van der Waals surface area (Å²) in [5.74, 6) is -0.383. The Morgan fingerprint density at radius 1 is 1.27 bits per heavy atom. The summed E-state index contributed by atoms with van der Waals surface area (Å²) in [5.41, 5.74) is 4.01. The van der Waals surface area contributed by atoms with Gasteiger partial charge in [-0.15, -0.1) is 0 Å². The highest BCUT2D eigenvalue weighted by atomic mass is 79.9. The monoisotopic (exact) mass is 506 g/mol. The number of aromatic amines is 1. The first-order valence-corrected chi connectivity index (χ1v) is 11.1. The van der Waals surface area contributed by atoms with Gasteiger partial charge in [0.1, 0.15) is 5.69 Å². The van der Waals surface area contributed by atoms with Crippen LogP contribution in [0.1, 0.15) is 21.6 Å². The van der Waals surface area contributed by atoms with E-state index in [9.17, 15) is 14.9 Å². The van der Waals surface area contributed by atoms with Gasteiger partial charge in [0.2, 0.25) is 0 Å². The standard InChI is InChI=1S/C23H19BrN6O3/c1-25-23(31)16-8-14(24)9-20(30(32)33)22(16)29-7-6-19-18(12-29)21(28-27-19)17-11-26-10-13-4-2-3-5-15(13)17/h2-5,8-11H,6-7,12H2,1H3,(H,25,31)(H,27,28). The molecule has 5 rings (SSSR count). The van der Waals surface area contributed by atoms with Crippen LogP contribution in [0.2, 0.25) is 0 Å². The second kappa shape index (κ2) is 8.28. The summed E-state index contributed by atoms with van der Waals surface area (Å²) >= 11 is 3.30. The number of pyridine rings is 1. The molecule has 0 aliphatic carbocycles. The first kappa shape index (κ1) is 21.1. The molecule has 1 aliphatic heterocycles. The molecule has 1 aliphatic rings. The number of halogens is 1. The van der Waals surface area contributed by atoms with Crippen molar-refractivity contribution in [3.8, 4) is 11.3 Å². The Morgan fingerprint density at radius 2 is 2.09 bits per heavy atom. The summed E-state index contributed by atoms with van der Waals surface area (Å²) in [4.78, 5) is 30.3. The molecule has 3 heterocycles. The van der Waals surface area contributed by atoms with Gasteiger partial charge in [-0.3, -0.25) is 25.0 Å². The minimum Gasteiger partial charge on any atom is -0.360 e. The fourth-order valence-corrected chi connectivity index (χ4v) is 4.82. The van der Waals surface area contributed by atoms with Crippen LogP contribution in [0.15, 0.2) is 53.3 Å². The fourth-order valence-electron chi connectivity index (χ4n) is 4.38. The molecule has 33 heavy (non-hydrogen) atoms. The molecule has 2 aromatic heterocycles. The molecular weight excluding hydrogens is 488 g/mol. The Kier molecular flexibility index (Phi) is 5.29. The van der Waals surface area contributed by atoms with E-state index < -0.39 is 4.92 Å². The predicted octanol–water partition coefficient (Wildman–Crippen LogP) is 4.22. The predicted molar refractivity (Wildman–Crippen MR) is 128 cm³/mol. The van der Waals surface area contributed by atoms with Crippen LogP contribution in [0.25, 0.3) is 22.0 Å². The zero-order chi connectivity index (χ0) is 23.1. The van der Waals surface area contributed by atoms with Crippen LogP contribution in [0.4, 0.5) is 11.4 Å². The molecule has 0 radical (unpaired) electrons. The molecule has 2 aromatic carbocycles. The Hall–Kier alpha value is -3.79. The highest BCUT2D eigenvalue weighted by Crippen LogP contribution is 2.40. The molecule has 0 saturated heterocycles. The van der Waals surface area contributed by atoms with Crippen molar-refractivity contribution in [2.75, 3.05) is 18.5 Å². The minimum absolute atomic E-state index is 0.122. The lowest BCUT2D eigenvalue weighted by atomic mass is 9.97. The Morgan fingerprint density at radius 3 is 2.88 bits per heavy atom. The third kappa shape index (κ3) is 3.62. The SMILES string of the molecule is CNC(=O)c1cc(Br)cc([N+](=O)[O-])c1N1CCc2[nH]nc(-c3cncc4ccccc34)c2C1. The zero-order valence-corrected chi connectivity index (χ0v) is 19.2. The molecule has 1 amide bonds. The van der Waals surface area contributed by atoms with Gasteiger partial charge in [0.25, 0.3) is 11.6 Å². The Balaban J connectivity index is 1.64. The molecule has 4 aromatic rings. The average molecular weight is 507 g/mol. The molecule has 9 nitrogen and oxygen atoms in total. The van der Waals surface area contributed by atoms with Crippen molar-refractivity contribution in [1.82, 2.24) is 20.5 Å². The van der Waals surface area contributed by atoms with Gasteiger partial charge in [-0.25, -0.2) is 0 Å². The number of carbonyl (C=O) groups is 1. The number of H-pyrrole nitrogens is 1. The number of aromatic nitrogens is 3. The number of nitrogens with one attached hydrogen (secondary N) is 2. The molecule has 0 unspecified atom stereocenters. The molecule has 0 fully saturated rings. The molecule has 0 spiro atoms. The highest BCUT2D eigenvalue weighted by molar-refractivity contribution is 9.10. The second-order valence-corrected chi connectivity index (χ2v) is 8.68. The molecular formula is C23H19BrN6O3. The van der Waals surface area contributed by atoms with Crippen molar-refractivity contribution >= 4 is 44.0 Å². The number of amides is 1. The summed E-state index contributed by atoms with van der Waals surface area (Å²) in [5, 5.41) is 24.2. The maximum atomic E-state index is 12.6. The van der Waals surface area contributed by atoms with Gasteiger partial charge in [0.15, 0.2) is 0 Å². The van der Waals surface area contributed by atoms with Crippen molar-refractivity contribution in [1.29, 1.82) is 0 Å². The van der Waals surface area contributed by atoms with E-state index in [2.05, 4.69) is 36.4 Å². The Bertz CT molecular complexity index is 1410. The molecule has 166 valence electrons. The van der Waals surface area contributed by atoms with Gasteiger partial charge < -0.3 is 10.2 Å². The van der Waals surface area contributed by atoms with Crippen LogP contribution in [0.5, 0.6) is 0 Å². The van der Waals surface area contributed by atoms with E-state index in [0.717, 1.165) is 33.3 Å². The third-order valence-corrected chi connectivity index (χ3v) is 6.35. The molecule has 2 N–H and O–H groups in total. The van der Waals surface area contributed by atoms with Crippen LogP contribution in [0, 0.1) is 10.1 Å². The lowest BCUT2D eigenvalue weighted by molar-refractivity contribution is -0.384. The summed E-state index contributed by atoms with van der Waals surface area (Å²) < 4.78 is 0.472.